The van der Waals surface area contributed by atoms with E-state index in [-0.39, 0.29) is 18.3 Å². The van der Waals surface area contributed by atoms with Crippen LogP contribution in [0, 0.1) is 19.7 Å². The van der Waals surface area contributed by atoms with Crippen molar-refractivity contribution < 1.29 is 17.6 Å². The highest BCUT2D eigenvalue weighted by molar-refractivity contribution is 7.98. The van der Waals surface area contributed by atoms with Gasteiger partial charge in [0.2, 0.25) is 15.9 Å². The third kappa shape index (κ3) is 7.70. The van der Waals surface area contributed by atoms with Gasteiger partial charge in [-0.3, -0.25) is 9.10 Å². The summed E-state index contributed by atoms with van der Waals surface area (Å²) >= 11 is 1.70. The molecular weight excluding hydrogens is 411 g/mol. The number of aryl methyl sites for hydroxylation is 2. The minimum Gasteiger partial charge on any atom is -0.354 e. The molecule has 0 heterocycles. The predicted octanol–water partition coefficient (Wildman–Crippen LogP) is 3.65. The Morgan fingerprint density at radius 1 is 1.10 bits per heavy atom. The lowest BCUT2D eigenvalue weighted by Crippen LogP contribution is -2.40. The number of rotatable bonds is 10. The second kappa shape index (κ2) is 10.6. The summed E-state index contributed by atoms with van der Waals surface area (Å²) < 4.78 is 38.3. The SMILES string of the molecule is Cc1ccc(N(CC(=O)NCCCSCc2ccc(F)cc2)S(C)(=O)=O)cc1C. The Morgan fingerprint density at radius 2 is 1.79 bits per heavy atom. The fourth-order valence-corrected chi connectivity index (χ4v) is 4.41. The van der Waals surface area contributed by atoms with Crippen LogP contribution in [0.15, 0.2) is 42.5 Å². The van der Waals surface area contributed by atoms with Crippen molar-refractivity contribution in [2.45, 2.75) is 26.0 Å². The second-order valence-corrected chi connectivity index (χ2v) is 9.93. The fourth-order valence-electron chi connectivity index (χ4n) is 2.64. The Balaban J connectivity index is 1.78. The van der Waals surface area contributed by atoms with E-state index in [4.69, 9.17) is 0 Å². The van der Waals surface area contributed by atoms with Gasteiger partial charge in [-0.15, -0.1) is 0 Å². The van der Waals surface area contributed by atoms with E-state index in [1.54, 1.807) is 36.0 Å². The van der Waals surface area contributed by atoms with Crippen molar-refractivity contribution in [2.24, 2.45) is 0 Å². The topological polar surface area (TPSA) is 66.5 Å². The monoisotopic (exact) mass is 438 g/mol. The molecule has 0 unspecified atom stereocenters. The number of anilines is 1. The molecule has 8 heteroatoms. The zero-order valence-corrected chi connectivity index (χ0v) is 18.6. The lowest BCUT2D eigenvalue weighted by atomic mass is 10.1. The lowest BCUT2D eigenvalue weighted by Gasteiger charge is -2.22. The molecule has 1 N–H and O–H groups in total. The largest absolute Gasteiger partial charge is 0.354 e. The zero-order valence-electron chi connectivity index (χ0n) is 16.9. The average molecular weight is 439 g/mol. The van der Waals surface area contributed by atoms with Crippen LogP contribution in [0.3, 0.4) is 0 Å². The standard InChI is InChI=1S/C21H27FN2O3S2/c1-16-5-10-20(13-17(16)2)24(29(3,26)27)14-21(25)23-11-4-12-28-15-18-6-8-19(22)9-7-18/h5-10,13H,4,11-12,14-15H2,1-3H3,(H,23,25). The first-order valence-electron chi connectivity index (χ1n) is 9.30. The van der Waals surface area contributed by atoms with E-state index in [9.17, 15) is 17.6 Å². The molecule has 2 rings (SSSR count). The van der Waals surface area contributed by atoms with Gasteiger partial charge < -0.3 is 5.32 Å². The molecule has 0 aliphatic carbocycles. The van der Waals surface area contributed by atoms with Gasteiger partial charge in [-0.25, -0.2) is 12.8 Å². The van der Waals surface area contributed by atoms with E-state index in [1.807, 2.05) is 19.9 Å². The number of sulfonamides is 1. The quantitative estimate of drug-likeness (QED) is 0.575. The number of hydrogen-bond donors (Lipinski definition) is 1. The van der Waals surface area contributed by atoms with Crippen molar-refractivity contribution in [1.82, 2.24) is 5.32 Å². The summed E-state index contributed by atoms with van der Waals surface area (Å²) in [5, 5.41) is 2.78. The molecule has 0 saturated heterocycles. The molecule has 0 saturated carbocycles. The normalized spacial score (nSPS) is 11.3. The maximum Gasteiger partial charge on any atom is 0.240 e. The molecule has 0 aliphatic rings. The maximum atomic E-state index is 12.9. The Kier molecular flexibility index (Phi) is 8.52. The van der Waals surface area contributed by atoms with Gasteiger partial charge in [0.15, 0.2) is 0 Å². The fraction of sp³-hybridized carbons (Fsp3) is 0.381. The van der Waals surface area contributed by atoms with Gasteiger partial charge >= 0.3 is 0 Å². The average Bonchev–Trinajstić information content (AvgIpc) is 2.65. The van der Waals surface area contributed by atoms with Crippen LogP contribution < -0.4 is 9.62 Å². The smallest absolute Gasteiger partial charge is 0.240 e. The summed E-state index contributed by atoms with van der Waals surface area (Å²) in [5.74, 6) is 1.04. The second-order valence-electron chi connectivity index (χ2n) is 6.92. The van der Waals surface area contributed by atoms with Crippen molar-refractivity contribution in [2.75, 3.05) is 29.4 Å². The van der Waals surface area contributed by atoms with Crippen LogP contribution in [0.25, 0.3) is 0 Å². The van der Waals surface area contributed by atoms with E-state index < -0.39 is 10.0 Å². The van der Waals surface area contributed by atoms with Crippen molar-refractivity contribution in [3.8, 4) is 0 Å². The Labute approximate surface area is 176 Å². The van der Waals surface area contributed by atoms with Crippen LogP contribution in [0.1, 0.15) is 23.1 Å². The molecule has 1 amide bonds. The molecule has 0 fully saturated rings. The summed E-state index contributed by atoms with van der Waals surface area (Å²) in [6.07, 6.45) is 1.86. The summed E-state index contributed by atoms with van der Waals surface area (Å²) in [4.78, 5) is 12.3. The molecule has 0 radical (unpaired) electrons. The lowest BCUT2D eigenvalue weighted by molar-refractivity contribution is -0.119. The number of nitrogens with zero attached hydrogens (tertiary/aromatic N) is 1. The molecule has 0 spiro atoms. The van der Waals surface area contributed by atoms with Gasteiger partial charge in [0.25, 0.3) is 0 Å². The van der Waals surface area contributed by atoms with E-state index in [1.165, 1.54) is 12.1 Å². The number of carbonyl (C=O) groups is 1. The van der Waals surface area contributed by atoms with Crippen LogP contribution in [0.2, 0.25) is 0 Å². The van der Waals surface area contributed by atoms with Gasteiger partial charge in [-0.1, -0.05) is 18.2 Å². The molecule has 5 nitrogen and oxygen atoms in total. The van der Waals surface area contributed by atoms with E-state index >= 15 is 0 Å². The van der Waals surface area contributed by atoms with Crippen LogP contribution in [0.4, 0.5) is 10.1 Å². The summed E-state index contributed by atoms with van der Waals surface area (Å²) in [5.41, 5.74) is 3.57. The Morgan fingerprint density at radius 3 is 2.41 bits per heavy atom. The summed E-state index contributed by atoms with van der Waals surface area (Å²) in [7, 11) is -3.57. The Bertz CT molecular complexity index is 931. The first-order chi connectivity index (χ1) is 13.7. The van der Waals surface area contributed by atoms with Crippen molar-refractivity contribution in [3.63, 3.8) is 0 Å². The van der Waals surface area contributed by atoms with Gasteiger partial charge in [0.05, 0.1) is 11.9 Å². The number of benzene rings is 2. The number of carbonyl (C=O) groups excluding carboxylic acids is 1. The van der Waals surface area contributed by atoms with Crippen molar-refractivity contribution in [1.29, 1.82) is 0 Å². The first kappa shape index (κ1) is 23.2. The van der Waals surface area contributed by atoms with Gasteiger partial charge in [-0.2, -0.15) is 11.8 Å². The maximum absolute atomic E-state index is 12.9. The highest BCUT2D eigenvalue weighted by atomic mass is 32.2. The molecule has 0 aliphatic heterocycles. The highest BCUT2D eigenvalue weighted by Crippen LogP contribution is 2.21. The van der Waals surface area contributed by atoms with E-state index in [2.05, 4.69) is 5.32 Å². The number of thioether (sulfide) groups is 1. The predicted molar refractivity (Wildman–Crippen MR) is 118 cm³/mol. The highest BCUT2D eigenvalue weighted by Gasteiger charge is 2.21. The number of amides is 1. The van der Waals surface area contributed by atoms with Gasteiger partial charge in [-0.05, 0) is 67.0 Å². The Hall–Kier alpha value is -2.06. The minimum atomic E-state index is -3.57. The summed E-state index contributed by atoms with van der Waals surface area (Å²) in [6, 6.07) is 11.7. The summed E-state index contributed by atoms with van der Waals surface area (Å²) in [6.45, 7) is 4.08. The van der Waals surface area contributed by atoms with Gasteiger partial charge in [0, 0.05) is 12.3 Å². The first-order valence-corrected chi connectivity index (χ1v) is 12.3. The van der Waals surface area contributed by atoms with Crippen LogP contribution in [-0.2, 0) is 20.6 Å². The molecular formula is C21H27FN2O3S2. The third-order valence-corrected chi connectivity index (χ3v) is 6.69. The van der Waals surface area contributed by atoms with Gasteiger partial charge in [0.1, 0.15) is 12.4 Å². The number of nitrogens with one attached hydrogen (secondary N) is 1. The molecule has 0 bridgehead atoms. The van der Waals surface area contributed by atoms with Crippen molar-refractivity contribution >= 4 is 33.4 Å². The zero-order chi connectivity index (χ0) is 21.4. The molecule has 158 valence electrons. The molecule has 0 aromatic heterocycles. The molecule has 0 atom stereocenters. The number of hydrogen-bond acceptors (Lipinski definition) is 4. The molecule has 29 heavy (non-hydrogen) atoms. The minimum absolute atomic E-state index is 0.245. The van der Waals surface area contributed by atoms with E-state index in [0.29, 0.717) is 12.2 Å². The van der Waals surface area contributed by atoms with E-state index in [0.717, 1.165) is 45.2 Å². The van der Waals surface area contributed by atoms with Crippen molar-refractivity contribution in [3.05, 3.63) is 65.0 Å². The van der Waals surface area contributed by atoms with Crippen LogP contribution in [-0.4, -0.2) is 39.4 Å². The molecule has 2 aromatic rings. The molecule has 2 aromatic carbocycles. The third-order valence-electron chi connectivity index (χ3n) is 4.44. The van der Waals surface area contributed by atoms with Crippen LogP contribution >= 0.6 is 11.8 Å². The van der Waals surface area contributed by atoms with Crippen LogP contribution in [0.5, 0.6) is 0 Å². The number of halogens is 1.